The minimum atomic E-state index is -1.11. The molecule has 1 aromatic carbocycles. The molecule has 0 saturated heterocycles. The van der Waals surface area contributed by atoms with Gasteiger partial charge in [-0.25, -0.2) is 0 Å². The van der Waals surface area contributed by atoms with E-state index >= 15 is 0 Å². The van der Waals surface area contributed by atoms with Gasteiger partial charge in [0, 0.05) is 12.0 Å². The van der Waals surface area contributed by atoms with Gasteiger partial charge in [0.25, 0.3) is 5.91 Å². The molecule has 1 amide bonds. The fraction of sp³-hybridized carbons (Fsp3) is 0.588. The second-order valence-corrected chi connectivity index (χ2v) is 6.52. The van der Waals surface area contributed by atoms with E-state index in [1.807, 2.05) is 0 Å². The van der Waals surface area contributed by atoms with Gasteiger partial charge in [-0.15, -0.1) is 0 Å². The maximum atomic E-state index is 12.2. The molecule has 0 bridgehead atoms. The molecule has 2 fully saturated rings. The third-order valence-corrected chi connectivity index (χ3v) is 5.01. The normalized spacial score (nSPS) is 22.5. The van der Waals surface area contributed by atoms with Crippen LogP contribution in [-0.2, 0) is 10.2 Å². The Kier molecular flexibility index (Phi) is 3.33. The Balaban J connectivity index is 1.67. The van der Waals surface area contributed by atoms with E-state index in [0.717, 1.165) is 25.7 Å². The lowest BCUT2D eigenvalue weighted by Gasteiger charge is -2.24. The minimum Gasteiger partial charge on any atom is -0.380 e. The molecule has 0 spiro atoms. The number of hydrogen-bond donors (Lipinski definition) is 2. The van der Waals surface area contributed by atoms with E-state index in [2.05, 4.69) is 36.5 Å². The van der Waals surface area contributed by atoms with Crippen LogP contribution >= 0.6 is 0 Å². The third-order valence-electron chi connectivity index (χ3n) is 5.01. The van der Waals surface area contributed by atoms with Crippen LogP contribution in [0.1, 0.15) is 49.7 Å². The smallest absolute Gasteiger partial charge is 0.251 e. The number of rotatable bonds is 4. The largest absolute Gasteiger partial charge is 0.380 e. The highest BCUT2D eigenvalue weighted by Crippen LogP contribution is 2.48. The van der Waals surface area contributed by atoms with Crippen LogP contribution in [0.2, 0.25) is 0 Å². The highest BCUT2D eigenvalue weighted by molar-refractivity contribution is 5.85. The molecule has 3 heteroatoms. The monoisotopic (exact) mass is 273 g/mol. The molecule has 0 aliphatic heterocycles. The summed E-state index contributed by atoms with van der Waals surface area (Å²) in [5.41, 5.74) is 1.63. The average molecular weight is 273 g/mol. The van der Waals surface area contributed by atoms with E-state index in [1.54, 1.807) is 0 Å². The van der Waals surface area contributed by atoms with Crippen molar-refractivity contribution in [3.05, 3.63) is 35.4 Å². The van der Waals surface area contributed by atoms with Crippen LogP contribution in [-0.4, -0.2) is 23.2 Å². The lowest BCUT2D eigenvalue weighted by Crippen LogP contribution is -2.47. The van der Waals surface area contributed by atoms with Gasteiger partial charge >= 0.3 is 0 Å². The number of nitrogens with one attached hydrogen (secondary N) is 1. The standard InChI is InChI=1S/C17H23NO2/c1-13-6-2-3-7-14(13)16(10-11-16)12-18-15(19)17(20)8-4-5-9-17/h2-3,6-7,20H,4-5,8-12H2,1H3,(H,18,19). The SMILES string of the molecule is Cc1ccccc1C1(CNC(=O)C2(O)CCCC2)CC1. The molecule has 108 valence electrons. The lowest BCUT2D eigenvalue weighted by atomic mass is 9.91. The number of carbonyl (C=O) groups is 1. The molecule has 3 nitrogen and oxygen atoms in total. The third kappa shape index (κ3) is 2.35. The predicted molar refractivity (Wildman–Crippen MR) is 78.5 cm³/mol. The van der Waals surface area contributed by atoms with E-state index in [-0.39, 0.29) is 11.3 Å². The van der Waals surface area contributed by atoms with Crippen molar-refractivity contribution >= 4 is 5.91 Å². The summed E-state index contributed by atoms with van der Waals surface area (Å²) in [7, 11) is 0. The van der Waals surface area contributed by atoms with Crippen molar-refractivity contribution in [3.63, 3.8) is 0 Å². The van der Waals surface area contributed by atoms with Crippen molar-refractivity contribution in [2.75, 3.05) is 6.54 Å². The molecule has 2 N–H and O–H groups in total. The molecule has 2 aliphatic rings. The molecular formula is C17H23NO2. The Morgan fingerprint density at radius 1 is 1.20 bits per heavy atom. The predicted octanol–water partition coefficient (Wildman–Crippen LogP) is 2.45. The van der Waals surface area contributed by atoms with Gasteiger partial charge in [-0.2, -0.15) is 0 Å². The molecule has 2 aliphatic carbocycles. The maximum Gasteiger partial charge on any atom is 0.251 e. The summed E-state index contributed by atoms with van der Waals surface area (Å²) in [6.45, 7) is 2.78. The van der Waals surface area contributed by atoms with E-state index < -0.39 is 5.60 Å². The highest BCUT2D eigenvalue weighted by atomic mass is 16.3. The van der Waals surface area contributed by atoms with Crippen LogP contribution in [0.4, 0.5) is 0 Å². The molecule has 0 heterocycles. The molecule has 20 heavy (non-hydrogen) atoms. The Morgan fingerprint density at radius 2 is 1.85 bits per heavy atom. The van der Waals surface area contributed by atoms with Gasteiger partial charge in [0.05, 0.1) is 0 Å². The average Bonchev–Trinajstić information content (AvgIpc) is 3.10. The van der Waals surface area contributed by atoms with E-state index in [4.69, 9.17) is 0 Å². The summed E-state index contributed by atoms with van der Waals surface area (Å²) in [5.74, 6) is -0.171. The van der Waals surface area contributed by atoms with Crippen LogP contribution in [0.25, 0.3) is 0 Å². The summed E-state index contributed by atoms with van der Waals surface area (Å²) in [6.07, 6.45) is 5.36. The van der Waals surface area contributed by atoms with Gasteiger partial charge in [-0.3, -0.25) is 4.79 Å². The Labute approximate surface area is 120 Å². The van der Waals surface area contributed by atoms with Crippen molar-refractivity contribution in [2.45, 2.75) is 56.5 Å². The van der Waals surface area contributed by atoms with Gasteiger partial charge in [-0.1, -0.05) is 24.3 Å². The van der Waals surface area contributed by atoms with Gasteiger partial charge in [-0.05, 0) is 56.6 Å². The fourth-order valence-electron chi connectivity index (χ4n) is 3.46. The Morgan fingerprint density at radius 3 is 2.45 bits per heavy atom. The lowest BCUT2D eigenvalue weighted by molar-refractivity contribution is -0.139. The van der Waals surface area contributed by atoms with Crippen LogP contribution in [0.5, 0.6) is 0 Å². The van der Waals surface area contributed by atoms with Crippen LogP contribution in [0.15, 0.2) is 24.3 Å². The summed E-state index contributed by atoms with van der Waals surface area (Å²) in [4.78, 5) is 12.2. The topological polar surface area (TPSA) is 49.3 Å². The number of carbonyl (C=O) groups excluding carboxylic acids is 1. The van der Waals surface area contributed by atoms with Crippen LogP contribution < -0.4 is 5.32 Å². The van der Waals surface area contributed by atoms with E-state index in [0.29, 0.717) is 19.4 Å². The molecule has 2 saturated carbocycles. The summed E-state index contributed by atoms with van der Waals surface area (Å²) in [5, 5.41) is 13.3. The molecule has 0 radical (unpaired) electrons. The summed E-state index contributed by atoms with van der Waals surface area (Å²) >= 11 is 0. The zero-order chi connectivity index (χ0) is 14.2. The van der Waals surface area contributed by atoms with Gasteiger partial charge in [0.15, 0.2) is 0 Å². The maximum absolute atomic E-state index is 12.2. The number of amides is 1. The molecule has 0 atom stereocenters. The van der Waals surface area contributed by atoms with Gasteiger partial charge in [0.1, 0.15) is 5.60 Å². The second kappa shape index (κ2) is 4.88. The fourth-order valence-corrected chi connectivity index (χ4v) is 3.46. The number of aliphatic hydroxyl groups is 1. The molecule has 3 rings (SSSR count). The first-order valence-corrected chi connectivity index (χ1v) is 7.63. The van der Waals surface area contributed by atoms with Gasteiger partial charge in [0.2, 0.25) is 0 Å². The van der Waals surface area contributed by atoms with Crippen molar-refractivity contribution in [3.8, 4) is 0 Å². The van der Waals surface area contributed by atoms with Crippen molar-refractivity contribution in [1.29, 1.82) is 0 Å². The summed E-state index contributed by atoms with van der Waals surface area (Å²) < 4.78 is 0. The van der Waals surface area contributed by atoms with Crippen molar-refractivity contribution in [2.24, 2.45) is 0 Å². The van der Waals surface area contributed by atoms with Gasteiger partial charge < -0.3 is 10.4 Å². The first kappa shape index (κ1) is 13.6. The Hall–Kier alpha value is -1.35. The number of aryl methyl sites for hydroxylation is 1. The zero-order valence-corrected chi connectivity index (χ0v) is 12.1. The van der Waals surface area contributed by atoms with Crippen molar-refractivity contribution < 1.29 is 9.90 Å². The van der Waals surface area contributed by atoms with E-state index in [9.17, 15) is 9.90 Å². The molecule has 0 aromatic heterocycles. The van der Waals surface area contributed by atoms with Crippen molar-refractivity contribution in [1.82, 2.24) is 5.32 Å². The van der Waals surface area contributed by atoms with E-state index in [1.165, 1.54) is 11.1 Å². The van der Waals surface area contributed by atoms with Crippen LogP contribution in [0.3, 0.4) is 0 Å². The number of benzene rings is 1. The second-order valence-electron chi connectivity index (χ2n) is 6.52. The first-order chi connectivity index (χ1) is 9.56. The first-order valence-electron chi connectivity index (χ1n) is 7.63. The molecular weight excluding hydrogens is 250 g/mol. The highest BCUT2D eigenvalue weighted by Gasteiger charge is 2.46. The summed E-state index contributed by atoms with van der Waals surface area (Å²) in [6, 6.07) is 8.41. The zero-order valence-electron chi connectivity index (χ0n) is 12.1. The molecule has 0 unspecified atom stereocenters. The minimum absolute atomic E-state index is 0.107. The van der Waals surface area contributed by atoms with Crippen LogP contribution in [0, 0.1) is 6.92 Å². The quantitative estimate of drug-likeness (QED) is 0.885. The number of hydrogen-bond acceptors (Lipinski definition) is 2. The Bertz CT molecular complexity index is 513. The molecule has 1 aromatic rings.